The molecule has 0 saturated carbocycles. The molecule has 154 valence electrons. The number of halogens is 1. The van der Waals surface area contributed by atoms with Crippen LogP contribution in [-0.2, 0) is 4.79 Å². The van der Waals surface area contributed by atoms with Gasteiger partial charge >= 0.3 is 0 Å². The van der Waals surface area contributed by atoms with Crippen LogP contribution in [0.15, 0.2) is 83.6 Å². The molecule has 7 heteroatoms. The summed E-state index contributed by atoms with van der Waals surface area (Å²) < 4.78 is 6.17. The van der Waals surface area contributed by atoms with E-state index in [1.54, 1.807) is 13.2 Å². The number of hydrogen-bond acceptors (Lipinski definition) is 5. The summed E-state index contributed by atoms with van der Waals surface area (Å²) in [6.07, 6.45) is 4.74. The second-order valence-electron chi connectivity index (χ2n) is 6.69. The predicted octanol–water partition coefficient (Wildman–Crippen LogP) is 5.80. The molecule has 6 nitrogen and oxygen atoms in total. The zero-order valence-corrected chi connectivity index (χ0v) is 18.3. The Hall–Kier alpha value is -3.71. The van der Waals surface area contributed by atoms with E-state index in [9.17, 15) is 4.79 Å². The molecule has 1 heterocycles. The van der Waals surface area contributed by atoms with Crippen LogP contribution in [0.4, 0.5) is 17.2 Å². The van der Waals surface area contributed by atoms with Crippen molar-refractivity contribution in [1.29, 1.82) is 0 Å². The summed E-state index contributed by atoms with van der Waals surface area (Å²) in [5, 5.41) is 6.99. The Morgan fingerprint density at radius 3 is 2.71 bits per heavy atom. The topological polar surface area (TPSA) is 76.1 Å². The number of rotatable bonds is 6. The van der Waals surface area contributed by atoms with Gasteiger partial charge in [-0.1, -0.05) is 34.1 Å². The molecular weight excluding hydrogens is 456 g/mol. The number of benzene rings is 3. The summed E-state index contributed by atoms with van der Waals surface area (Å²) in [6, 6.07) is 20.8. The minimum atomic E-state index is -0.236. The lowest BCUT2D eigenvalue weighted by atomic mass is 10.2. The van der Waals surface area contributed by atoms with Crippen LogP contribution in [0.3, 0.4) is 0 Å². The Morgan fingerprint density at radius 2 is 1.87 bits per heavy atom. The number of nitrogens with zero attached hydrogens (tertiary/aromatic N) is 2. The molecule has 0 radical (unpaired) electrons. The van der Waals surface area contributed by atoms with Crippen molar-refractivity contribution < 1.29 is 9.53 Å². The average Bonchev–Trinajstić information content (AvgIpc) is 2.78. The number of ether oxygens (including phenoxy) is 1. The summed E-state index contributed by atoms with van der Waals surface area (Å²) in [5.41, 5.74) is 3.20. The maximum absolute atomic E-state index is 12.4. The van der Waals surface area contributed by atoms with E-state index in [0.717, 1.165) is 32.4 Å². The maximum atomic E-state index is 12.4. The number of carbonyl (C=O) groups excluding carboxylic acids is 1. The van der Waals surface area contributed by atoms with Crippen molar-refractivity contribution in [2.24, 2.45) is 0 Å². The quantitative estimate of drug-likeness (QED) is 0.345. The number of aromatic nitrogens is 2. The van der Waals surface area contributed by atoms with Crippen LogP contribution in [0.2, 0.25) is 0 Å². The number of amides is 1. The van der Waals surface area contributed by atoms with Gasteiger partial charge in [0.05, 0.1) is 12.6 Å². The molecular formula is C24H19BrN4O2. The highest BCUT2D eigenvalue weighted by atomic mass is 79.9. The van der Waals surface area contributed by atoms with Crippen molar-refractivity contribution in [3.8, 4) is 5.75 Å². The third-order valence-electron chi connectivity index (χ3n) is 4.51. The molecule has 0 aliphatic rings. The average molecular weight is 475 g/mol. The molecule has 0 atom stereocenters. The largest absolute Gasteiger partial charge is 0.497 e. The van der Waals surface area contributed by atoms with E-state index in [-0.39, 0.29) is 5.91 Å². The first-order valence-electron chi connectivity index (χ1n) is 9.51. The first kappa shape index (κ1) is 20.6. The first-order chi connectivity index (χ1) is 15.1. The fraction of sp³-hybridized carbons (Fsp3) is 0.0417. The lowest BCUT2D eigenvalue weighted by Crippen LogP contribution is -2.07. The van der Waals surface area contributed by atoms with Gasteiger partial charge in [0.1, 0.15) is 17.9 Å². The molecule has 0 aliphatic carbocycles. The van der Waals surface area contributed by atoms with Crippen molar-refractivity contribution in [3.05, 3.63) is 89.2 Å². The second kappa shape index (κ2) is 9.40. The predicted molar refractivity (Wildman–Crippen MR) is 128 cm³/mol. The lowest BCUT2D eigenvalue weighted by molar-refractivity contribution is -0.111. The van der Waals surface area contributed by atoms with Gasteiger partial charge in [0.15, 0.2) is 0 Å². The molecule has 0 saturated heterocycles. The van der Waals surface area contributed by atoms with Gasteiger partial charge in [0.2, 0.25) is 5.91 Å². The van der Waals surface area contributed by atoms with Gasteiger partial charge in [-0.05, 0) is 60.2 Å². The number of methoxy groups -OCH3 is 1. The van der Waals surface area contributed by atoms with Crippen LogP contribution in [0.1, 0.15) is 5.56 Å². The van der Waals surface area contributed by atoms with Crippen molar-refractivity contribution in [3.63, 3.8) is 0 Å². The molecule has 3 aromatic carbocycles. The Morgan fingerprint density at radius 1 is 1.00 bits per heavy atom. The van der Waals surface area contributed by atoms with E-state index in [4.69, 9.17) is 4.74 Å². The molecule has 31 heavy (non-hydrogen) atoms. The van der Waals surface area contributed by atoms with Crippen LogP contribution in [-0.4, -0.2) is 23.0 Å². The smallest absolute Gasteiger partial charge is 0.248 e. The van der Waals surface area contributed by atoms with Gasteiger partial charge in [-0.2, -0.15) is 0 Å². The van der Waals surface area contributed by atoms with Crippen molar-refractivity contribution in [2.45, 2.75) is 0 Å². The summed E-state index contributed by atoms with van der Waals surface area (Å²) in [7, 11) is 1.61. The third kappa shape index (κ3) is 5.26. The summed E-state index contributed by atoms with van der Waals surface area (Å²) >= 11 is 3.47. The van der Waals surface area contributed by atoms with Crippen molar-refractivity contribution in [2.75, 3.05) is 17.7 Å². The van der Waals surface area contributed by atoms with Gasteiger partial charge in [-0.3, -0.25) is 4.79 Å². The zero-order chi connectivity index (χ0) is 21.6. The van der Waals surface area contributed by atoms with Gasteiger partial charge < -0.3 is 15.4 Å². The van der Waals surface area contributed by atoms with Gasteiger partial charge in [0, 0.05) is 27.3 Å². The Labute approximate surface area is 188 Å². The van der Waals surface area contributed by atoms with Crippen LogP contribution < -0.4 is 15.4 Å². The Kier molecular flexibility index (Phi) is 6.24. The number of anilines is 3. The van der Waals surface area contributed by atoms with E-state index < -0.39 is 0 Å². The van der Waals surface area contributed by atoms with E-state index in [0.29, 0.717) is 11.5 Å². The lowest BCUT2D eigenvalue weighted by Gasteiger charge is -2.10. The van der Waals surface area contributed by atoms with E-state index in [2.05, 4.69) is 36.5 Å². The number of hydrogen-bond donors (Lipinski definition) is 2. The first-order valence-corrected chi connectivity index (χ1v) is 10.3. The van der Waals surface area contributed by atoms with Crippen LogP contribution in [0, 0.1) is 0 Å². The fourth-order valence-electron chi connectivity index (χ4n) is 3.04. The maximum Gasteiger partial charge on any atom is 0.248 e. The third-order valence-corrected chi connectivity index (χ3v) is 5.00. The molecule has 1 amide bonds. The monoisotopic (exact) mass is 474 g/mol. The number of carbonyl (C=O) groups is 1. The van der Waals surface area contributed by atoms with Crippen LogP contribution in [0.25, 0.3) is 17.0 Å². The minimum absolute atomic E-state index is 0.236. The van der Waals surface area contributed by atoms with Gasteiger partial charge in [0.25, 0.3) is 0 Å². The highest BCUT2D eigenvalue weighted by molar-refractivity contribution is 9.10. The molecule has 4 rings (SSSR count). The van der Waals surface area contributed by atoms with Crippen LogP contribution >= 0.6 is 15.9 Å². The Balaban J connectivity index is 1.54. The molecule has 0 spiro atoms. The Bertz CT molecular complexity index is 1270. The molecule has 0 bridgehead atoms. The molecule has 2 N–H and O–H groups in total. The van der Waals surface area contributed by atoms with Gasteiger partial charge in [-0.25, -0.2) is 9.97 Å². The van der Waals surface area contributed by atoms with Crippen LogP contribution in [0.5, 0.6) is 5.75 Å². The van der Waals surface area contributed by atoms with E-state index in [1.165, 1.54) is 12.4 Å². The molecule has 0 aliphatic heterocycles. The zero-order valence-electron chi connectivity index (χ0n) is 16.7. The van der Waals surface area contributed by atoms with Crippen molar-refractivity contribution in [1.82, 2.24) is 9.97 Å². The number of fused-ring (bicyclic) bond motifs is 1. The normalized spacial score (nSPS) is 10.9. The minimum Gasteiger partial charge on any atom is -0.497 e. The summed E-state index contributed by atoms with van der Waals surface area (Å²) in [5.74, 6) is 1.16. The molecule has 0 fully saturated rings. The fourth-order valence-corrected chi connectivity index (χ4v) is 3.44. The van der Waals surface area contributed by atoms with Crippen molar-refractivity contribution >= 4 is 56.0 Å². The van der Waals surface area contributed by atoms with E-state index >= 15 is 0 Å². The standard InChI is InChI=1S/C24H19BrN4O2/c1-31-20-7-2-4-16(12-20)8-11-23(30)28-19-9-10-22-21(14-19)24(27-15-26-22)29-18-6-3-5-17(25)13-18/h2-15H,1H3,(H,28,30)(H,26,27,29). The highest BCUT2D eigenvalue weighted by Gasteiger charge is 2.07. The summed E-state index contributed by atoms with van der Waals surface area (Å²) in [6.45, 7) is 0. The molecule has 0 unspecified atom stereocenters. The highest BCUT2D eigenvalue weighted by Crippen LogP contribution is 2.27. The molecule has 4 aromatic rings. The number of nitrogens with one attached hydrogen (secondary N) is 2. The second-order valence-corrected chi connectivity index (χ2v) is 7.60. The summed E-state index contributed by atoms with van der Waals surface area (Å²) in [4.78, 5) is 21.1. The van der Waals surface area contributed by atoms with E-state index in [1.807, 2.05) is 66.7 Å². The SMILES string of the molecule is COc1cccc(C=CC(=O)Nc2ccc3ncnc(Nc4cccc(Br)c4)c3c2)c1. The van der Waals surface area contributed by atoms with Gasteiger partial charge in [-0.15, -0.1) is 0 Å². The molecule has 1 aromatic heterocycles.